The molecule has 1 aliphatic carbocycles. The first-order chi connectivity index (χ1) is 7.29. The molecule has 0 spiro atoms. The number of nitrogens with one attached hydrogen (secondary N) is 1. The van der Waals surface area contributed by atoms with E-state index in [-0.39, 0.29) is 0 Å². The molecule has 1 aromatic rings. The van der Waals surface area contributed by atoms with Gasteiger partial charge in [0.15, 0.2) is 5.13 Å². The Kier molecular flexibility index (Phi) is 3.62. The summed E-state index contributed by atoms with van der Waals surface area (Å²) in [5, 5.41) is 6.74. The minimum absolute atomic E-state index is 0.860. The fraction of sp³-hybridized carbons (Fsp3) is 0.750. The summed E-state index contributed by atoms with van der Waals surface area (Å²) in [5.41, 5.74) is 1.21. The van der Waals surface area contributed by atoms with Crippen LogP contribution in [0.15, 0.2) is 5.38 Å². The van der Waals surface area contributed by atoms with Gasteiger partial charge in [0.05, 0.1) is 5.69 Å². The summed E-state index contributed by atoms with van der Waals surface area (Å²) in [6, 6.07) is 0. The van der Waals surface area contributed by atoms with Gasteiger partial charge in [-0.15, -0.1) is 11.3 Å². The van der Waals surface area contributed by atoms with Gasteiger partial charge in [-0.25, -0.2) is 4.98 Å². The molecule has 3 heteroatoms. The van der Waals surface area contributed by atoms with Crippen LogP contribution in [0.2, 0.25) is 0 Å². The minimum Gasteiger partial charge on any atom is -0.361 e. The number of thiazole rings is 1. The molecule has 0 aromatic carbocycles. The molecule has 1 N–H and O–H groups in total. The summed E-state index contributed by atoms with van der Waals surface area (Å²) in [6.45, 7) is 5.63. The van der Waals surface area contributed by atoms with Crippen LogP contribution in [0.3, 0.4) is 0 Å². The van der Waals surface area contributed by atoms with E-state index in [1.165, 1.54) is 25.0 Å². The third-order valence-corrected chi connectivity index (χ3v) is 4.32. The molecule has 1 aliphatic rings. The molecule has 1 aromatic heterocycles. The van der Waals surface area contributed by atoms with Gasteiger partial charge in [-0.3, -0.25) is 0 Å². The Morgan fingerprint density at radius 1 is 1.53 bits per heavy atom. The van der Waals surface area contributed by atoms with E-state index in [0.29, 0.717) is 0 Å². The van der Waals surface area contributed by atoms with Gasteiger partial charge in [-0.05, 0) is 24.7 Å². The van der Waals surface area contributed by atoms with Crippen molar-refractivity contribution in [1.82, 2.24) is 4.98 Å². The molecule has 15 heavy (non-hydrogen) atoms. The van der Waals surface area contributed by atoms with Gasteiger partial charge in [0.1, 0.15) is 0 Å². The summed E-state index contributed by atoms with van der Waals surface area (Å²) in [7, 11) is 0. The van der Waals surface area contributed by atoms with E-state index >= 15 is 0 Å². The van der Waals surface area contributed by atoms with E-state index < -0.39 is 0 Å². The highest BCUT2D eigenvalue weighted by molar-refractivity contribution is 7.13. The van der Waals surface area contributed by atoms with Crippen molar-refractivity contribution in [3.63, 3.8) is 0 Å². The quantitative estimate of drug-likeness (QED) is 0.846. The molecule has 1 heterocycles. The average Bonchev–Trinajstić information content (AvgIpc) is 2.84. The lowest BCUT2D eigenvalue weighted by atomic mass is 9.98. The first kappa shape index (κ1) is 10.9. The number of anilines is 1. The van der Waals surface area contributed by atoms with E-state index in [1.807, 2.05) is 0 Å². The van der Waals surface area contributed by atoms with Gasteiger partial charge in [0.2, 0.25) is 0 Å². The van der Waals surface area contributed by atoms with Gasteiger partial charge in [-0.2, -0.15) is 0 Å². The molecule has 0 bridgehead atoms. The number of nitrogens with zero attached hydrogens (tertiary/aromatic N) is 1. The van der Waals surface area contributed by atoms with Crippen LogP contribution < -0.4 is 5.32 Å². The zero-order chi connectivity index (χ0) is 10.7. The molecule has 0 saturated heterocycles. The summed E-state index contributed by atoms with van der Waals surface area (Å²) in [6.07, 6.45) is 5.24. The Balaban J connectivity index is 1.82. The topological polar surface area (TPSA) is 24.9 Å². The Morgan fingerprint density at radius 2 is 2.40 bits per heavy atom. The molecule has 2 unspecified atom stereocenters. The summed E-state index contributed by atoms with van der Waals surface area (Å²) in [4.78, 5) is 4.52. The van der Waals surface area contributed by atoms with Crippen LogP contribution in [0.25, 0.3) is 0 Å². The van der Waals surface area contributed by atoms with Gasteiger partial charge in [-0.1, -0.05) is 26.7 Å². The molecule has 2 atom stereocenters. The summed E-state index contributed by atoms with van der Waals surface area (Å²) >= 11 is 1.74. The van der Waals surface area contributed by atoms with E-state index in [4.69, 9.17) is 0 Å². The summed E-state index contributed by atoms with van der Waals surface area (Å²) in [5.74, 6) is 1.75. The van der Waals surface area contributed by atoms with Crippen molar-refractivity contribution in [2.75, 3.05) is 11.9 Å². The molecule has 0 aliphatic heterocycles. The van der Waals surface area contributed by atoms with Crippen molar-refractivity contribution in [2.24, 2.45) is 11.8 Å². The molecule has 84 valence electrons. The third-order valence-electron chi connectivity index (χ3n) is 3.47. The average molecular weight is 224 g/mol. The van der Waals surface area contributed by atoms with E-state index in [2.05, 4.69) is 29.5 Å². The molecular weight excluding hydrogens is 204 g/mol. The second-order valence-electron chi connectivity index (χ2n) is 4.55. The predicted molar refractivity (Wildman–Crippen MR) is 66.5 cm³/mol. The lowest BCUT2D eigenvalue weighted by Crippen LogP contribution is -2.16. The van der Waals surface area contributed by atoms with Crippen LogP contribution in [-0.2, 0) is 6.42 Å². The Morgan fingerprint density at radius 3 is 3.00 bits per heavy atom. The fourth-order valence-corrected chi connectivity index (χ4v) is 3.10. The maximum atomic E-state index is 4.52. The van der Waals surface area contributed by atoms with Gasteiger partial charge >= 0.3 is 0 Å². The summed E-state index contributed by atoms with van der Waals surface area (Å²) < 4.78 is 0. The van der Waals surface area contributed by atoms with Crippen LogP contribution in [0, 0.1) is 11.8 Å². The van der Waals surface area contributed by atoms with Crippen molar-refractivity contribution in [2.45, 2.75) is 39.5 Å². The van der Waals surface area contributed by atoms with Crippen molar-refractivity contribution in [3.05, 3.63) is 11.1 Å². The van der Waals surface area contributed by atoms with Crippen LogP contribution in [0.1, 0.15) is 38.8 Å². The van der Waals surface area contributed by atoms with Crippen LogP contribution in [0.5, 0.6) is 0 Å². The van der Waals surface area contributed by atoms with Crippen LogP contribution in [-0.4, -0.2) is 11.5 Å². The molecule has 0 amide bonds. The zero-order valence-electron chi connectivity index (χ0n) is 9.62. The van der Waals surface area contributed by atoms with E-state index in [1.54, 1.807) is 11.3 Å². The van der Waals surface area contributed by atoms with E-state index in [0.717, 1.165) is 29.9 Å². The Bertz CT molecular complexity index is 308. The van der Waals surface area contributed by atoms with Gasteiger partial charge in [0, 0.05) is 11.9 Å². The highest BCUT2D eigenvalue weighted by Crippen LogP contribution is 2.31. The van der Waals surface area contributed by atoms with E-state index in [9.17, 15) is 0 Å². The first-order valence-corrected chi connectivity index (χ1v) is 6.86. The molecular formula is C12H20N2S. The minimum atomic E-state index is 0.860. The largest absolute Gasteiger partial charge is 0.361 e. The Hall–Kier alpha value is -0.570. The molecule has 1 saturated carbocycles. The van der Waals surface area contributed by atoms with Gasteiger partial charge in [0.25, 0.3) is 0 Å². The lowest BCUT2D eigenvalue weighted by molar-refractivity contribution is 0.439. The fourth-order valence-electron chi connectivity index (χ4n) is 2.29. The number of hydrogen-bond donors (Lipinski definition) is 1. The predicted octanol–water partition coefficient (Wildman–Crippen LogP) is 3.55. The zero-order valence-corrected chi connectivity index (χ0v) is 10.4. The van der Waals surface area contributed by atoms with Crippen molar-refractivity contribution < 1.29 is 0 Å². The monoisotopic (exact) mass is 224 g/mol. The Labute approximate surface area is 96.1 Å². The lowest BCUT2D eigenvalue weighted by Gasteiger charge is -2.15. The normalized spacial score (nSPS) is 25.7. The maximum absolute atomic E-state index is 4.52. The second-order valence-corrected chi connectivity index (χ2v) is 5.40. The maximum Gasteiger partial charge on any atom is 0.182 e. The second kappa shape index (κ2) is 4.97. The molecule has 2 nitrogen and oxygen atoms in total. The van der Waals surface area contributed by atoms with Crippen molar-refractivity contribution in [3.8, 4) is 0 Å². The third kappa shape index (κ3) is 2.71. The number of hydrogen-bond acceptors (Lipinski definition) is 3. The molecule has 2 rings (SSSR count). The number of aromatic nitrogens is 1. The van der Waals surface area contributed by atoms with Crippen LogP contribution in [0.4, 0.5) is 5.13 Å². The van der Waals surface area contributed by atoms with Crippen LogP contribution >= 0.6 is 11.3 Å². The highest BCUT2D eigenvalue weighted by Gasteiger charge is 2.22. The SMILES string of the molecule is CCc1csc(NCC2CCCC2C)n1. The molecule has 1 fully saturated rings. The van der Waals surface area contributed by atoms with Crippen molar-refractivity contribution in [1.29, 1.82) is 0 Å². The smallest absolute Gasteiger partial charge is 0.182 e. The first-order valence-electron chi connectivity index (χ1n) is 5.98. The standard InChI is InChI=1S/C12H20N2S/c1-3-11-8-15-12(14-11)13-7-10-6-4-5-9(10)2/h8-10H,3-7H2,1-2H3,(H,13,14). The van der Waals surface area contributed by atoms with Gasteiger partial charge < -0.3 is 5.32 Å². The highest BCUT2D eigenvalue weighted by atomic mass is 32.1. The molecule has 0 radical (unpaired) electrons. The van der Waals surface area contributed by atoms with Crippen molar-refractivity contribution >= 4 is 16.5 Å². The number of aryl methyl sites for hydroxylation is 1. The number of rotatable bonds is 4.